The lowest BCUT2D eigenvalue weighted by atomic mass is 9.68. The monoisotopic (exact) mass is 478 g/mol. The zero-order valence-electron chi connectivity index (χ0n) is 22.2. The van der Waals surface area contributed by atoms with Crippen molar-refractivity contribution < 1.29 is 23.7 Å². The van der Waals surface area contributed by atoms with Gasteiger partial charge in [-0.05, 0) is 72.4 Å². The first-order valence-corrected chi connectivity index (χ1v) is 13.5. The number of methoxy groups -OCH3 is 1. The van der Waals surface area contributed by atoms with Gasteiger partial charge in [0.25, 0.3) is 0 Å². The van der Waals surface area contributed by atoms with E-state index in [-0.39, 0.29) is 47.6 Å². The van der Waals surface area contributed by atoms with E-state index >= 15 is 0 Å². The summed E-state index contributed by atoms with van der Waals surface area (Å²) in [5, 5.41) is 0. The van der Waals surface area contributed by atoms with Crippen LogP contribution in [0.1, 0.15) is 73.1 Å². The van der Waals surface area contributed by atoms with E-state index in [1.165, 1.54) is 5.57 Å². The molecule has 34 heavy (non-hydrogen) atoms. The van der Waals surface area contributed by atoms with Gasteiger partial charge in [-0.2, -0.15) is 0 Å². The van der Waals surface area contributed by atoms with Gasteiger partial charge in [0, 0.05) is 26.2 Å². The minimum atomic E-state index is -0.311. The molecule has 0 aromatic heterocycles. The van der Waals surface area contributed by atoms with Gasteiger partial charge in [0.05, 0.1) is 18.6 Å². The number of allylic oxidation sites excluding steroid dienone is 1. The molecule has 7 nitrogen and oxygen atoms in total. The van der Waals surface area contributed by atoms with Crippen molar-refractivity contribution in [1.82, 2.24) is 9.80 Å². The highest BCUT2D eigenvalue weighted by Crippen LogP contribution is 2.59. The highest BCUT2D eigenvalue weighted by Gasteiger charge is 2.72. The van der Waals surface area contributed by atoms with E-state index in [0.29, 0.717) is 0 Å². The Bertz CT molecular complexity index is 745. The third kappa shape index (κ3) is 5.18. The van der Waals surface area contributed by atoms with Crippen LogP contribution in [0.5, 0.6) is 0 Å². The summed E-state index contributed by atoms with van der Waals surface area (Å²) in [7, 11) is 1.74. The fourth-order valence-electron chi connectivity index (χ4n) is 6.52. The Balaban J connectivity index is 1.41. The highest BCUT2D eigenvalue weighted by atomic mass is 16.6. The van der Waals surface area contributed by atoms with E-state index in [4.69, 9.17) is 18.9 Å². The summed E-state index contributed by atoms with van der Waals surface area (Å²) in [6.07, 6.45) is 7.39. The maximum atomic E-state index is 13.3. The first kappa shape index (κ1) is 25.9. The molecule has 3 aliphatic heterocycles. The molecule has 1 spiro atoms. The molecule has 1 amide bonds. The van der Waals surface area contributed by atoms with E-state index in [9.17, 15) is 4.79 Å². The van der Waals surface area contributed by atoms with Crippen molar-refractivity contribution >= 4 is 6.09 Å². The van der Waals surface area contributed by atoms with Crippen LogP contribution >= 0.6 is 0 Å². The van der Waals surface area contributed by atoms with E-state index in [0.717, 1.165) is 71.3 Å². The third-order valence-electron chi connectivity index (χ3n) is 8.77. The van der Waals surface area contributed by atoms with Crippen molar-refractivity contribution in [3.8, 4) is 0 Å². The molecule has 0 radical (unpaired) electrons. The molecule has 1 unspecified atom stereocenters. The Morgan fingerprint density at radius 3 is 2.59 bits per heavy atom. The summed E-state index contributed by atoms with van der Waals surface area (Å²) < 4.78 is 24.6. The maximum Gasteiger partial charge on any atom is 0.410 e. The third-order valence-corrected chi connectivity index (χ3v) is 8.77. The lowest BCUT2D eigenvalue weighted by molar-refractivity contribution is -0.122. The number of ether oxygens (including phenoxy) is 4. The van der Waals surface area contributed by atoms with Gasteiger partial charge < -0.3 is 28.7 Å². The van der Waals surface area contributed by atoms with Crippen LogP contribution in [-0.2, 0) is 18.9 Å². The second-order valence-corrected chi connectivity index (χ2v) is 11.1. The smallest absolute Gasteiger partial charge is 0.410 e. The number of epoxide rings is 2. The second kappa shape index (κ2) is 10.5. The lowest BCUT2D eigenvalue weighted by Gasteiger charge is -2.43. The van der Waals surface area contributed by atoms with Crippen LogP contribution < -0.4 is 0 Å². The molecular weight excluding hydrogens is 432 g/mol. The molecule has 4 rings (SSSR count). The van der Waals surface area contributed by atoms with Crippen LogP contribution in [-0.4, -0.2) is 91.3 Å². The average molecular weight is 479 g/mol. The first-order chi connectivity index (χ1) is 16.3. The van der Waals surface area contributed by atoms with Crippen molar-refractivity contribution in [3.05, 3.63) is 11.6 Å². The van der Waals surface area contributed by atoms with Gasteiger partial charge in [-0.3, -0.25) is 0 Å². The van der Waals surface area contributed by atoms with Crippen LogP contribution in [0, 0.1) is 5.92 Å². The van der Waals surface area contributed by atoms with Crippen LogP contribution in [0.2, 0.25) is 0 Å². The van der Waals surface area contributed by atoms with Gasteiger partial charge in [0.1, 0.15) is 23.4 Å². The Morgan fingerprint density at radius 2 is 1.97 bits per heavy atom. The second-order valence-electron chi connectivity index (χ2n) is 11.1. The Labute approximate surface area is 206 Å². The van der Waals surface area contributed by atoms with Crippen LogP contribution in [0.4, 0.5) is 4.79 Å². The van der Waals surface area contributed by atoms with Gasteiger partial charge in [0.15, 0.2) is 0 Å². The van der Waals surface area contributed by atoms with Crippen LogP contribution in [0.3, 0.4) is 0 Å². The molecule has 4 fully saturated rings. The Morgan fingerprint density at radius 1 is 1.24 bits per heavy atom. The minimum Gasteiger partial charge on any atom is -0.443 e. The Hall–Kier alpha value is -1.15. The minimum absolute atomic E-state index is 0.0594. The first-order valence-electron chi connectivity index (χ1n) is 13.5. The molecule has 3 saturated heterocycles. The number of carbonyl (C=O) groups excluding carboxylic acids is 1. The van der Waals surface area contributed by atoms with Crippen molar-refractivity contribution in [2.45, 2.75) is 109 Å². The van der Waals surface area contributed by atoms with Gasteiger partial charge in [0.2, 0.25) is 0 Å². The number of hydrogen-bond donors (Lipinski definition) is 0. The predicted octanol–water partition coefficient (Wildman–Crippen LogP) is 4.40. The predicted molar refractivity (Wildman–Crippen MR) is 132 cm³/mol. The van der Waals surface area contributed by atoms with Crippen LogP contribution in [0.15, 0.2) is 11.6 Å². The molecule has 3 heterocycles. The van der Waals surface area contributed by atoms with Gasteiger partial charge in [-0.1, -0.05) is 25.5 Å². The number of carbonyl (C=O) groups is 1. The van der Waals surface area contributed by atoms with Gasteiger partial charge in [-0.15, -0.1) is 0 Å². The van der Waals surface area contributed by atoms with E-state index < -0.39 is 0 Å². The van der Waals surface area contributed by atoms with Crippen molar-refractivity contribution in [2.24, 2.45) is 5.92 Å². The Kier molecular flexibility index (Phi) is 7.97. The van der Waals surface area contributed by atoms with Crippen molar-refractivity contribution in [2.75, 3.05) is 39.9 Å². The summed E-state index contributed by atoms with van der Waals surface area (Å²) in [5.74, 6) is 0.0594. The number of rotatable bonds is 10. The summed E-state index contributed by atoms with van der Waals surface area (Å²) >= 11 is 0. The largest absolute Gasteiger partial charge is 0.443 e. The van der Waals surface area contributed by atoms with Crippen molar-refractivity contribution in [1.29, 1.82) is 0 Å². The average Bonchev–Trinajstić information content (AvgIpc) is 3.67. The molecule has 7 heteroatoms. The fraction of sp³-hybridized carbons (Fsp3) is 0.889. The number of likely N-dealkylation sites (tertiary alicyclic amines) is 1. The molecule has 0 bridgehead atoms. The topological polar surface area (TPSA) is 67.1 Å². The lowest BCUT2D eigenvalue weighted by Crippen LogP contribution is -2.56. The maximum absolute atomic E-state index is 13.3. The summed E-state index contributed by atoms with van der Waals surface area (Å²) in [4.78, 5) is 17.7. The number of hydrogen-bond acceptors (Lipinski definition) is 6. The normalized spacial score (nSPS) is 38.9. The standard InChI is InChI=1S/C27H46N2O5/c1-7-28(8-2)17-14-20-10-9-16-29(20)25(30)33-21-13-15-27(18-32-27)24(23(21)31-6)26(5)22(34-26)12-11-19(3)4/h11,20-24H,7-10,12-18H2,1-6H3/t20-,21-,22-,23-,24?,26+,27+/m1/s1. The number of nitrogens with zero attached hydrogens (tertiary/aromatic N) is 2. The molecule has 4 aliphatic rings. The highest BCUT2D eigenvalue weighted by molar-refractivity contribution is 5.68. The molecule has 1 aliphatic carbocycles. The van der Waals surface area contributed by atoms with Crippen LogP contribution in [0.25, 0.3) is 0 Å². The molecule has 1 saturated carbocycles. The fourth-order valence-corrected chi connectivity index (χ4v) is 6.52. The van der Waals surface area contributed by atoms with Gasteiger partial charge in [-0.25, -0.2) is 4.79 Å². The molecular formula is C27H46N2O5. The summed E-state index contributed by atoms with van der Waals surface area (Å²) in [6.45, 7) is 15.5. The van der Waals surface area contributed by atoms with Gasteiger partial charge >= 0.3 is 6.09 Å². The summed E-state index contributed by atoms with van der Waals surface area (Å²) in [6, 6.07) is 0.268. The van der Waals surface area contributed by atoms with E-state index in [1.807, 2.05) is 4.90 Å². The molecule has 7 atom stereocenters. The number of amides is 1. The molecule has 0 aromatic carbocycles. The van der Waals surface area contributed by atoms with Crippen molar-refractivity contribution in [3.63, 3.8) is 0 Å². The zero-order valence-corrected chi connectivity index (χ0v) is 22.2. The quantitative estimate of drug-likeness (QED) is 0.343. The zero-order chi connectivity index (χ0) is 24.5. The SMILES string of the molecule is CCN(CC)CC[C@H]1CCCN1C(=O)O[C@@H]1CC[C@]2(CO2)C([C@@]2(C)O[C@@H]2CC=C(C)C)[C@@H]1OC. The van der Waals surface area contributed by atoms with E-state index in [2.05, 4.69) is 45.6 Å². The van der Waals surface area contributed by atoms with E-state index in [1.54, 1.807) is 7.11 Å². The molecule has 0 aromatic rings. The molecule has 0 N–H and O–H groups in total. The molecule has 194 valence electrons. The summed E-state index contributed by atoms with van der Waals surface area (Å²) in [5.41, 5.74) is 0.793.